The summed E-state index contributed by atoms with van der Waals surface area (Å²) < 4.78 is 0. The maximum Gasteiger partial charge on any atom is 0.238 e. The molecule has 5 rings (SSSR count). The average Bonchev–Trinajstić information content (AvgIpc) is 3.33. The number of fused-ring (bicyclic) bond motifs is 5. The topological polar surface area (TPSA) is 37.4 Å². The lowest BCUT2D eigenvalue weighted by Crippen LogP contribution is -2.33. The number of allylic oxidation sites excluding steroid dienone is 4. The molecule has 0 radical (unpaired) electrons. The zero-order valence-electron chi connectivity index (χ0n) is 14.8. The van der Waals surface area contributed by atoms with E-state index >= 15 is 0 Å². The lowest BCUT2D eigenvalue weighted by atomic mass is 9.85. The fraction of sp³-hybridized carbons (Fsp3) is 0.217. The van der Waals surface area contributed by atoms with Gasteiger partial charge in [-0.25, -0.2) is 4.90 Å². The highest BCUT2D eigenvalue weighted by molar-refractivity contribution is 6.31. The molecule has 0 spiro atoms. The van der Waals surface area contributed by atoms with E-state index in [1.165, 1.54) is 16.0 Å². The van der Waals surface area contributed by atoms with E-state index in [0.717, 1.165) is 5.56 Å². The molecule has 2 amide bonds. The Hall–Kier alpha value is -2.65. The fourth-order valence-electron chi connectivity index (χ4n) is 4.96. The minimum Gasteiger partial charge on any atom is -0.274 e. The predicted molar refractivity (Wildman–Crippen MR) is 106 cm³/mol. The van der Waals surface area contributed by atoms with Crippen molar-refractivity contribution in [2.24, 2.45) is 23.7 Å². The maximum absolute atomic E-state index is 13.2. The number of nitrogens with zero attached hydrogens (tertiary/aromatic N) is 1. The molecule has 27 heavy (non-hydrogen) atoms. The van der Waals surface area contributed by atoms with E-state index < -0.39 is 0 Å². The van der Waals surface area contributed by atoms with Crippen LogP contribution in [0.3, 0.4) is 0 Å². The summed E-state index contributed by atoms with van der Waals surface area (Å²) in [5.41, 5.74) is 4.17. The molecule has 3 aliphatic rings. The van der Waals surface area contributed by atoms with Crippen molar-refractivity contribution in [3.05, 3.63) is 82.9 Å². The third-order valence-corrected chi connectivity index (χ3v) is 6.39. The number of amides is 2. The molecule has 2 bridgehead atoms. The highest BCUT2D eigenvalue weighted by Crippen LogP contribution is 2.58. The van der Waals surface area contributed by atoms with Gasteiger partial charge in [-0.05, 0) is 42.3 Å². The predicted octanol–water partition coefficient (Wildman–Crippen LogP) is 4.74. The Morgan fingerprint density at radius 2 is 1.41 bits per heavy atom. The molecule has 3 nitrogen and oxygen atoms in total. The molecule has 1 saturated heterocycles. The van der Waals surface area contributed by atoms with Crippen LogP contribution in [0.15, 0.2) is 72.3 Å². The van der Waals surface area contributed by atoms with Crippen LogP contribution < -0.4 is 4.90 Å². The molecule has 4 heteroatoms. The van der Waals surface area contributed by atoms with Crippen LogP contribution in [-0.4, -0.2) is 11.8 Å². The van der Waals surface area contributed by atoms with Gasteiger partial charge in [-0.2, -0.15) is 0 Å². The van der Waals surface area contributed by atoms with Gasteiger partial charge in [0, 0.05) is 16.9 Å². The standard InChI is InChI=1S/C23H18ClNO2/c1-13(14-5-3-2-4-6-14)19-17-11-12-18(19)21-20(17)22(26)25(23(21)27)16-9-7-15(24)8-10-16/h2-12,17-18,20-21H,1H3/t17-,18-,20-,21-/m1/s1. The highest BCUT2D eigenvalue weighted by Gasteiger charge is 2.62. The van der Waals surface area contributed by atoms with Crippen molar-refractivity contribution in [1.82, 2.24) is 0 Å². The first-order chi connectivity index (χ1) is 13.1. The summed E-state index contributed by atoms with van der Waals surface area (Å²) in [5, 5.41) is 0.587. The first-order valence-electron chi connectivity index (χ1n) is 9.15. The number of carbonyl (C=O) groups excluding carboxylic acids is 2. The Morgan fingerprint density at radius 1 is 0.852 bits per heavy atom. The van der Waals surface area contributed by atoms with Crippen molar-refractivity contribution in [2.45, 2.75) is 6.92 Å². The second-order valence-electron chi connectivity index (χ2n) is 7.42. The van der Waals surface area contributed by atoms with Crippen molar-refractivity contribution in [3.8, 4) is 0 Å². The maximum atomic E-state index is 13.2. The van der Waals surface area contributed by atoms with E-state index in [9.17, 15) is 9.59 Å². The van der Waals surface area contributed by atoms with E-state index in [0.29, 0.717) is 10.7 Å². The van der Waals surface area contributed by atoms with Crippen LogP contribution in [0, 0.1) is 23.7 Å². The lowest BCUT2D eigenvalue weighted by Gasteiger charge is -2.20. The SMILES string of the molecule is CC(=C1[C@H]2C=C[C@H]1[C@H]1C(=O)N(c3ccc(Cl)cc3)C(=O)[C@@H]12)c1ccccc1. The molecule has 134 valence electrons. The third kappa shape index (κ3) is 2.28. The van der Waals surface area contributed by atoms with E-state index in [1.54, 1.807) is 24.3 Å². The third-order valence-electron chi connectivity index (χ3n) is 6.14. The summed E-state index contributed by atoms with van der Waals surface area (Å²) in [6.07, 6.45) is 4.23. The zero-order chi connectivity index (χ0) is 18.7. The van der Waals surface area contributed by atoms with Gasteiger partial charge in [0.05, 0.1) is 17.5 Å². The molecule has 2 aromatic carbocycles. The number of imide groups is 1. The Kier molecular flexibility index (Phi) is 3.63. The first kappa shape index (κ1) is 16.5. The molecule has 2 aliphatic carbocycles. The average molecular weight is 376 g/mol. The van der Waals surface area contributed by atoms with Gasteiger partial charge < -0.3 is 0 Å². The van der Waals surface area contributed by atoms with E-state index in [2.05, 4.69) is 31.2 Å². The number of hydrogen-bond donors (Lipinski definition) is 0. The van der Waals surface area contributed by atoms with Crippen molar-refractivity contribution in [1.29, 1.82) is 0 Å². The molecule has 0 unspecified atom stereocenters. The quantitative estimate of drug-likeness (QED) is 0.562. The Balaban J connectivity index is 1.55. The number of benzene rings is 2. The summed E-state index contributed by atoms with van der Waals surface area (Å²) in [4.78, 5) is 27.7. The molecule has 2 fully saturated rings. The normalized spacial score (nSPS) is 28.2. The van der Waals surface area contributed by atoms with Gasteiger partial charge in [-0.1, -0.05) is 59.7 Å². The second-order valence-corrected chi connectivity index (χ2v) is 7.86. The van der Waals surface area contributed by atoms with Crippen LogP contribution in [0.5, 0.6) is 0 Å². The van der Waals surface area contributed by atoms with Gasteiger partial charge in [0.15, 0.2) is 0 Å². The minimum atomic E-state index is -0.295. The van der Waals surface area contributed by atoms with Crippen LogP contribution in [-0.2, 0) is 9.59 Å². The van der Waals surface area contributed by atoms with Gasteiger partial charge in [0.1, 0.15) is 0 Å². The van der Waals surface area contributed by atoms with Gasteiger partial charge in [-0.3, -0.25) is 9.59 Å². The van der Waals surface area contributed by atoms with E-state index in [-0.39, 0.29) is 35.5 Å². The van der Waals surface area contributed by atoms with Gasteiger partial charge in [-0.15, -0.1) is 0 Å². The molecular formula is C23H18ClNO2. The fourth-order valence-corrected chi connectivity index (χ4v) is 5.09. The largest absolute Gasteiger partial charge is 0.274 e. The second kappa shape index (κ2) is 5.93. The first-order valence-corrected chi connectivity index (χ1v) is 9.53. The van der Waals surface area contributed by atoms with Gasteiger partial charge in [0.2, 0.25) is 11.8 Å². The van der Waals surface area contributed by atoms with Crippen LogP contribution in [0.1, 0.15) is 12.5 Å². The molecular weight excluding hydrogens is 358 g/mol. The molecule has 1 saturated carbocycles. The van der Waals surface area contributed by atoms with Crippen LogP contribution in [0.4, 0.5) is 5.69 Å². The molecule has 0 N–H and O–H groups in total. The minimum absolute atomic E-state index is 0.00829. The number of carbonyl (C=O) groups is 2. The van der Waals surface area contributed by atoms with Crippen LogP contribution >= 0.6 is 11.6 Å². The van der Waals surface area contributed by atoms with Crippen molar-refractivity contribution >= 4 is 34.7 Å². The van der Waals surface area contributed by atoms with E-state index in [4.69, 9.17) is 11.6 Å². The van der Waals surface area contributed by atoms with E-state index in [1.807, 2.05) is 18.2 Å². The van der Waals surface area contributed by atoms with Gasteiger partial charge >= 0.3 is 0 Å². The smallest absolute Gasteiger partial charge is 0.238 e. The summed E-state index contributed by atoms with van der Waals surface area (Å²) in [6, 6.07) is 17.1. The number of hydrogen-bond acceptors (Lipinski definition) is 2. The number of rotatable bonds is 2. The molecule has 2 aromatic rings. The van der Waals surface area contributed by atoms with Crippen LogP contribution in [0.2, 0.25) is 5.02 Å². The summed E-state index contributed by atoms with van der Waals surface area (Å²) in [7, 11) is 0. The number of halogens is 1. The lowest BCUT2D eigenvalue weighted by molar-refractivity contribution is -0.122. The molecule has 1 heterocycles. The Bertz CT molecular complexity index is 972. The Morgan fingerprint density at radius 3 is 1.96 bits per heavy atom. The highest BCUT2D eigenvalue weighted by atomic mass is 35.5. The summed E-state index contributed by atoms with van der Waals surface area (Å²) in [5.74, 6) is -0.762. The van der Waals surface area contributed by atoms with Crippen molar-refractivity contribution in [3.63, 3.8) is 0 Å². The van der Waals surface area contributed by atoms with Crippen molar-refractivity contribution in [2.75, 3.05) is 4.90 Å². The summed E-state index contributed by atoms with van der Waals surface area (Å²) in [6.45, 7) is 2.10. The Labute approximate surface area is 162 Å². The monoisotopic (exact) mass is 375 g/mol. The number of anilines is 1. The van der Waals surface area contributed by atoms with Gasteiger partial charge in [0.25, 0.3) is 0 Å². The summed E-state index contributed by atoms with van der Waals surface area (Å²) >= 11 is 5.95. The molecule has 4 atom stereocenters. The molecule has 0 aromatic heterocycles. The van der Waals surface area contributed by atoms with Crippen LogP contribution in [0.25, 0.3) is 5.57 Å². The van der Waals surface area contributed by atoms with Crippen molar-refractivity contribution < 1.29 is 9.59 Å². The zero-order valence-corrected chi connectivity index (χ0v) is 15.6. The molecule has 1 aliphatic heterocycles.